The van der Waals surface area contributed by atoms with Crippen molar-refractivity contribution in [2.24, 2.45) is 5.41 Å². The first-order valence-corrected chi connectivity index (χ1v) is 7.37. The lowest BCUT2D eigenvalue weighted by Crippen LogP contribution is -2.47. The molecule has 1 aromatic heterocycles. The number of pyridine rings is 1. The molecule has 0 unspecified atom stereocenters. The molecule has 0 spiro atoms. The van der Waals surface area contributed by atoms with Crippen molar-refractivity contribution in [3.05, 3.63) is 29.6 Å². The van der Waals surface area contributed by atoms with E-state index in [2.05, 4.69) is 15.6 Å². The molecular weight excluding hydrogens is 311 g/mol. The number of methoxy groups -OCH3 is 1. The Labute approximate surface area is 132 Å². The van der Waals surface area contributed by atoms with Crippen LogP contribution in [0.1, 0.15) is 28.9 Å². The Bertz CT molecular complexity index is 520. The van der Waals surface area contributed by atoms with Gasteiger partial charge in [-0.1, -0.05) is 0 Å². The Morgan fingerprint density at radius 2 is 2.09 bits per heavy atom. The zero-order chi connectivity index (χ0) is 16.9. The van der Waals surface area contributed by atoms with Gasteiger partial charge in [-0.15, -0.1) is 0 Å². The van der Waals surface area contributed by atoms with E-state index in [1.807, 2.05) is 0 Å². The lowest BCUT2D eigenvalue weighted by Gasteiger charge is -2.37. The Morgan fingerprint density at radius 1 is 1.39 bits per heavy atom. The zero-order valence-corrected chi connectivity index (χ0v) is 12.9. The summed E-state index contributed by atoms with van der Waals surface area (Å²) in [5, 5.41) is 6.01. The molecule has 0 radical (unpaired) electrons. The molecular formula is C15H20F3N3O2. The largest absolute Gasteiger partial charge is 0.417 e. The third-order valence-electron chi connectivity index (χ3n) is 4.06. The summed E-state index contributed by atoms with van der Waals surface area (Å²) in [6, 6.07) is 1.95. The zero-order valence-electron chi connectivity index (χ0n) is 12.9. The number of hydrogen-bond acceptors (Lipinski definition) is 4. The minimum absolute atomic E-state index is 0.0282. The predicted molar refractivity (Wildman–Crippen MR) is 78.0 cm³/mol. The molecule has 1 saturated heterocycles. The van der Waals surface area contributed by atoms with Crippen LogP contribution < -0.4 is 10.6 Å². The minimum Gasteiger partial charge on any atom is -0.384 e. The van der Waals surface area contributed by atoms with E-state index in [4.69, 9.17) is 4.74 Å². The second kappa shape index (κ2) is 7.27. The molecule has 8 heteroatoms. The molecule has 1 aliphatic rings. The van der Waals surface area contributed by atoms with Crippen molar-refractivity contribution in [2.75, 3.05) is 33.4 Å². The van der Waals surface area contributed by atoms with Crippen LogP contribution in [0.3, 0.4) is 0 Å². The SMILES string of the molecule is COCC1(CNC(=O)c2ccc(C(F)(F)F)cn2)CCNCC1. The maximum absolute atomic E-state index is 12.5. The molecule has 2 heterocycles. The third kappa shape index (κ3) is 4.65. The van der Waals surface area contributed by atoms with Crippen LogP contribution >= 0.6 is 0 Å². The number of aromatic nitrogens is 1. The topological polar surface area (TPSA) is 63.2 Å². The van der Waals surface area contributed by atoms with Gasteiger partial charge >= 0.3 is 6.18 Å². The molecule has 1 amide bonds. The fourth-order valence-electron chi connectivity index (χ4n) is 2.69. The van der Waals surface area contributed by atoms with Crippen LogP contribution in [0.25, 0.3) is 0 Å². The van der Waals surface area contributed by atoms with E-state index in [1.165, 1.54) is 0 Å². The molecule has 1 fully saturated rings. The van der Waals surface area contributed by atoms with Gasteiger partial charge in [-0.2, -0.15) is 13.2 Å². The van der Waals surface area contributed by atoms with E-state index in [-0.39, 0.29) is 11.1 Å². The van der Waals surface area contributed by atoms with Gasteiger partial charge in [0.15, 0.2) is 0 Å². The van der Waals surface area contributed by atoms with E-state index in [1.54, 1.807) is 7.11 Å². The maximum atomic E-state index is 12.5. The number of nitrogens with one attached hydrogen (secondary N) is 2. The molecule has 128 valence electrons. The van der Waals surface area contributed by atoms with Crippen molar-refractivity contribution in [3.8, 4) is 0 Å². The van der Waals surface area contributed by atoms with E-state index in [9.17, 15) is 18.0 Å². The van der Waals surface area contributed by atoms with Gasteiger partial charge in [0, 0.05) is 25.3 Å². The number of ether oxygens (including phenoxy) is 1. The van der Waals surface area contributed by atoms with Gasteiger partial charge in [0.25, 0.3) is 5.91 Å². The van der Waals surface area contributed by atoms with Crippen molar-refractivity contribution in [1.29, 1.82) is 0 Å². The summed E-state index contributed by atoms with van der Waals surface area (Å²) in [6.07, 6.45) is -2.06. The summed E-state index contributed by atoms with van der Waals surface area (Å²) in [5.41, 5.74) is -1.05. The molecule has 0 atom stereocenters. The van der Waals surface area contributed by atoms with Gasteiger partial charge in [0.05, 0.1) is 12.2 Å². The lowest BCUT2D eigenvalue weighted by molar-refractivity contribution is -0.137. The third-order valence-corrected chi connectivity index (χ3v) is 4.06. The molecule has 2 N–H and O–H groups in total. The number of carbonyl (C=O) groups is 1. The van der Waals surface area contributed by atoms with Gasteiger partial charge < -0.3 is 15.4 Å². The first-order chi connectivity index (χ1) is 10.9. The number of amides is 1. The number of hydrogen-bond donors (Lipinski definition) is 2. The Balaban J connectivity index is 1.98. The average molecular weight is 331 g/mol. The van der Waals surface area contributed by atoms with Gasteiger partial charge in [-0.3, -0.25) is 9.78 Å². The highest BCUT2D eigenvalue weighted by molar-refractivity contribution is 5.92. The van der Waals surface area contributed by atoms with Crippen LogP contribution in [0.2, 0.25) is 0 Å². The van der Waals surface area contributed by atoms with Gasteiger partial charge in [-0.05, 0) is 38.1 Å². The number of piperidine rings is 1. The fourth-order valence-corrected chi connectivity index (χ4v) is 2.69. The minimum atomic E-state index is -4.46. The molecule has 0 saturated carbocycles. The van der Waals surface area contributed by atoms with Crippen molar-refractivity contribution < 1.29 is 22.7 Å². The monoisotopic (exact) mass is 331 g/mol. The van der Waals surface area contributed by atoms with E-state index < -0.39 is 17.6 Å². The predicted octanol–water partition coefficient (Wildman–Crippen LogP) is 1.85. The Kier molecular flexibility index (Phi) is 5.59. The highest BCUT2D eigenvalue weighted by atomic mass is 19.4. The molecule has 5 nitrogen and oxygen atoms in total. The fraction of sp³-hybridized carbons (Fsp3) is 0.600. The number of alkyl halides is 3. The second-order valence-electron chi connectivity index (χ2n) is 5.80. The summed E-state index contributed by atoms with van der Waals surface area (Å²) in [4.78, 5) is 15.7. The first kappa shape index (κ1) is 17.7. The molecule has 1 aliphatic heterocycles. The van der Waals surface area contributed by atoms with Crippen LogP contribution in [0.5, 0.6) is 0 Å². The highest BCUT2D eigenvalue weighted by Crippen LogP contribution is 2.29. The van der Waals surface area contributed by atoms with Crippen molar-refractivity contribution in [2.45, 2.75) is 19.0 Å². The number of rotatable bonds is 5. The average Bonchev–Trinajstić information content (AvgIpc) is 2.53. The van der Waals surface area contributed by atoms with Gasteiger partial charge in [0.1, 0.15) is 5.69 Å². The van der Waals surface area contributed by atoms with E-state index >= 15 is 0 Å². The Hall–Kier alpha value is -1.67. The smallest absolute Gasteiger partial charge is 0.384 e. The number of halogens is 3. The van der Waals surface area contributed by atoms with Crippen molar-refractivity contribution >= 4 is 5.91 Å². The van der Waals surface area contributed by atoms with Crippen LogP contribution in [-0.2, 0) is 10.9 Å². The number of carbonyl (C=O) groups excluding carboxylic acids is 1. The molecule has 0 aromatic carbocycles. The molecule has 0 bridgehead atoms. The van der Waals surface area contributed by atoms with Crippen LogP contribution in [0.4, 0.5) is 13.2 Å². The number of nitrogens with zero attached hydrogens (tertiary/aromatic N) is 1. The first-order valence-electron chi connectivity index (χ1n) is 7.37. The second-order valence-corrected chi connectivity index (χ2v) is 5.80. The van der Waals surface area contributed by atoms with E-state index in [0.29, 0.717) is 19.3 Å². The summed E-state index contributed by atoms with van der Waals surface area (Å²) in [5.74, 6) is -0.479. The van der Waals surface area contributed by atoms with Crippen LogP contribution in [0.15, 0.2) is 18.3 Å². The Morgan fingerprint density at radius 3 is 2.61 bits per heavy atom. The van der Waals surface area contributed by atoms with Crippen LogP contribution in [0, 0.1) is 5.41 Å². The maximum Gasteiger partial charge on any atom is 0.417 e. The molecule has 2 rings (SSSR count). The summed E-state index contributed by atoms with van der Waals surface area (Å²) in [6.45, 7) is 2.62. The summed E-state index contributed by atoms with van der Waals surface area (Å²) < 4.78 is 42.7. The highest BCUT2D eigenvalue weighted by Gasteiger charge is 2.33. The van der Waals surface area contributed by atoms with Crippen molar-refractivity contribution in [3.63, 3.8) is 0 Å². The summed E-state index contributed by atoms with van der Waals surface area (Å²) >= 11 is 0. The van der Waals surface area contributed by atoms with Gasteiger partial charge in [-0.25, -0.2) is 0 Å². The lowest BCUT2D eigenvalue weighted by atomic mass is 9.79. The normalized spacial score (nSPS) is 17.7. The quantitative estimate of drug-likeness (QED) is 0.864. The standard InChI is InChI=1S/C15H20F3N3O2/c1-23-10-14(4-6-19-7-5-14)9-21-13(22)12-3-2-11(8-20-12)15(16,17)18/h2-3,8,19H,4-7,9-10H2,1H3,(H,21,22). The molecule has 23 heavy (non-hydrogen) atoms. The van der Waals surface area contributed by atoms with Crippen molar-refractivity contribution in [1.82, 2.24) is 15.6 Å². The van der Waals surface area contributed by atoms with Crippen LogP contribution in [-0.4, -0.2) is 44.2 Å². The molecule has 1 aromatic rings. The van der Waals surface area contributed by atoms with Gasteiger partial charge in [0.2, 0.25) is 0 Å². The van der Waals surface area contributed by atoms with E-state index in [0.717, 1.165) is 38.1 Å². The summed E-state index contributed by atoms with van der Waals surface area (Å²) in [7, 11) is 1.61. The molecule has 0 aliphatic carbocycles.